The maximum Gasteiger partial charge on any atom is 0.418 e. The molecule has 0 spiro atoms. The second-order valence-corrected chi connectivity index (χ2v) is 7.64. The van der Waals surface area contributed by atoms with Crippen LogP contribution in [0.1, 0.15) is 28.7 Å². The van der Waals surface area contributed by atoms with Gasteiger partial charge < -0.3 is 25.7 Å². The molecule has 2 aromatic rings. The Hall–Kier alpha value is -2.78. The number of likely N-dealkylation sites (N-methyl/N-ethyl adjacent to an activating group) is 1. The van der Waals surface area contributed by atoms with Crippen LogP contribution >= 0.6 is 0 Å². The molecule has 1 aliphatic carbocycles. The van der Waals surface area contributed by atoms with E-state index >= 15 is 0 Å². The van der Waals surface area contributed by atoms with E-state index in [4.69, 9.17) is 5.11 Å². The molecule has 0 bridgehead atoms. The lowest BCUT2D eigenvalue weighted by Gasteiger charge is -2.24. The van der Waals surface area contributed by atoms with Crippen molar-refractivity contribution in [1.82, 2.24) is 5.32 Å². The van der Waals surface area contributed by atoms with Crippen molar-refractivity contribution in [3.05, 3.63) is 58.7 Å². The number of halogens is 3. The monoisotopic (exact) mass is 437 g/mol. The van der Waals surface area contributed by atoms with Gasteiger partial charge in [0.25, 0.3) is 0 Å². The zero-order valence-corrected chi connectivity index (χ0v) is 17.2. The minimum absolute atomic E-state index is 0.0293. The van der Waals surface area contributed by atoms with Crippen LogP contribution in [0, 0.1) is 0 Å². The summed E-state index contributed by atoms with van der Waals surface area (Å²) in [5.41, 5.74) is 2.23. The highest BCUT2D eigenvalue weighted by Crippen LogP contribution is 2.37. The first-order chi connectivity index (χ1) is 14.7. The summed E-state index contributed by atoms with van der Waals surface area (Å²) in [6.07, 6.45) is -3.09. The lowest BCUT2D eigenvalue weighted by atomic mass is 9.88. The Labute approximate surface area is 178 Å². The molecule has 0 aliphatic heterocycles. The summed E-state index contributed by atoms with van der Waals surface area (Å²) in [5, 5.41) is 24.4. The van der Waals surface area contributed by atoms with Gasteiger partial charge in [0.2, 0.25) is 0 Å². The molecule has 0 unspecified atom stereocenters. The van der Waals surface area contributed by atoms with Crippen molar-refractivity contribution in [2.45, 2.75) is 38.1 Å². The minimum atomic E-state index is -4.53. The maximum absolute atomic E-state index is 13.3. The normalized spacial score (nSPS) is 15.9. The van der Waals surface area contributed by atoms with E-state index in [0.29, 0.717) is 24.1 Å². The van der Waals surface area contributed by atoms with Crippen molar-refractivity contribution in [3.8, 4) is 0 Å². The Morgan fingerprint density at radius 2 is 2.03 bits per heavy atom. The Balaban J connectivity index is 1.70. The average molecular weight is 437 g/mol. The molecule has 0 saturated heterocycles. The summed E-state index contributed by atoms with van der Waals surface area (Å²) in [7, 11) is 1.47. The fourth-order valence-electron chi connectivity index (χ4n) is 3.75. The van der Waals surface area contributed by atoms with Gasteiger partial charge in [0.05, 0.1) is 18.3 Å². The standard InChI is InChI=1S/C22H26F3N3O3/c1-28(9-10-29)20-11-14(5-8-18(20)22(23,24)25)13-26-21(31)27-19-4-2-3-15-6-7-16(30)12-17(15)19/h2-5,8,11,16,29-30H,6-7,9-10,12-13H2,1H3,(H2,26,27,31)/t16-/m1/s1. The molecule has 3 rings (SSSR count). The van der Waals surface area contributed by atoms with Crippen LogP contribution in [0.2, 0.25) is 0 Å². The van der Waals surface area contributed by atoms with Crippen LogP contribution in [-0.4, -0.2) is 42.5 Å². The number of alkyl halides is 3. The predicted molar refractivity (Wildman–Crippen MR) is 112 cm³/mol. The van der Waals surface area contributed by atoms with Crippen molar-refractivity contribution in [2.75, 3.05) is 30.4 Å². The van der Waals surface area contributed by atoms with E-state index in [0.717, 1.165) is 23.6 Å². The Morgan fingerprint density at radius 1 is 1.26 bits per heavy atom. The highest BCUT2D eigenvalue weighted by Gasteiger charge is 2.34. The van der Waals surface area contributed by atoms with Gasteiger partial charge in [-0.1, -0.05) is 18.2 Å². The van der Waals surface area contributed by atoms with Gasteiger partial charge in [-0.15, -0.1) is 0 Å². The largest absolute Gasteiger partial charge is 0.418 e. The summed E-state index contributed by atoms with van der Waals surface area (Å²) in [4.78, 5) is 13.7. The van der Waals surface area contributed by atoms with Crippen molar-refractivity contribution in [2.24, 2.45) is 0 Å². The van der Waals surface area contributed by atoms with Crippen LogP contribution in [-0.2, 0) is 25.6 Å². The number of urea groups is 1. The molecule has 31 heavy (non-hydrogen) atoms. The fraction of sp³-hybridized carbons (Fsp3) is 0.409. The number of carbonyl (C=O) groups is 1. The van der Waals surface area contributed by atoms with Crippen LogP contribution in [0.5, 0.6) is 0 Å². The number of aryl methyl sites for hydroxylation is 1. The minimum Gasteiger partial charge on any atom is -0.395 e. The van der Waals surface area contributed by atoms with E-state index < -0.39 is 23.9 Å². The maximum atomic E-state index is 13.3. The first kappa shape index (κ1) is 22.9. The first-order valence-electron chi connectivity index (χ1n) is 10.0. The highest BCUT2D eigenvalue weighted by molar-refractivity contribution is 5.90. The lowest BCUT2D eigenvalue weighted by Crippen LogP contribution is -2.30. The molecule has 0 fully saturated rings. The molecule has 0 saturated carbocycles. The number of aliphatic hydroxyl groups excluding tert-OH is 2. The van der Waals surface area contributed by atoms with E-state index in [1.807, 2.05) is 12.1 Å². The van der Waals surface area contributed by atoms with E-state index in [1.165, 1.54) is 24.1 Å². The van der Waals surface area contributed by atoms with Crippen molar-refractivity contribution in [3.63, 3.8) is 0 Å². The third-order valence-electron chi connectivity index (χ3n) is 5.38. The van der Waals surface area contributed by atoms with E-state index in [-0.39, 0.29) is 25.4 Å². The number of hydrogen-bond acceptors (Lipinski definition) is 4. The number of rotatable bonds is 6. The quantitative estimate of drug-likeness (QED) is 0.559. The van der Waals surface area contributed by atoms with Crippen LogP contribution in [0.15, 0.2) is 36.4 Å². The number of benzene rings is 2. The smallest absolute Gasteiger partial charge is 0.395 e. The number of anilines is 2. The molecule has 1 aliphatic rings. The number of hydrogen-bond donors (Lipinski definition) is 4. The third kappa shape index (κ3) is 5.68. The Morgan fingerprint density at radius 3 is 2.74 bits per heavy atom. The summed E-state index contributed by atoms with van der Waals surface area (Å²) in [5.74, 6) is 0. The summed E-state index contributed by atoms with van der Waals surface area (Å²) in [6.45, 7) is -0.207. The second-order valence-electron chi connectivity index (χ2n) is 7.64. The zero-order chi connectivity index (χ0) is 22.6. The topological polar surface area (TPSA) is 84.8 Å². The molecular weight excluding hydrogens is 411 g/mol. The van der Waals surface area contributed by atoms with Gasteiger partial charge in [-0.2, -0.15) is 13.2 Å². The summed E-state index contributed by atoms with van der Waals surface area (Å²) >= 11 is 0. The van der Waals surface area contributed by atoms with Gasteiger partial charge in [0.15, 0.2) is 0 Å². The molecule has 2 aromatic carbocycles. The number of carbonyl (C=O) groups excluding carboxylic acids is 1. The number of nitrogens with one attached hydrogen (secondary N) is 2. The summed E-state index contributed by atoms with van der Waals surface area (Å²) in [6, 6.07) is 8.74. The molecule has 0 heterocycles. The number of nitrogens with zero attached hydrogens (tertiary/aromatic N) is 1. The molecule has 0 radical (unpaired) electrons. The van der Waals surface area contributed by atoms with E-state index in [2.05, 4.69) is 10.6 Å². The van der Waals surface area contributed by atoms with Crippen LogP contribution in [0.25, 0.3) is 0 Å². The molecule has 6 nitrogen and oxygen atoms in total. The molecule has 2 amide bonds. The molecule has 9 heteroatoms. The Kier molecular flexibility index (Phi) is 7.07. The van der Waals surface area contributed by atoms with Crippen LogP contribution in [0.3, 0.4) is 0 Å². The number of fused-ring (bicyclic) bond motifs is 1. The van der Waals surface area contributed by atoms with Gasteiger partial charge in [-0.25, -0.2) is 4.79 Å². The van der Waals surface area contributed by atoms with Crippen molar-refractivity contribution >= 4 is 17.4 Å². The average Bonchev–Trinajstić information content (AvgIpc) is 2.72. The van der Waals surface area contributed by atoms with Gasteiger partial charge >= 0.3 is 12.2 Å². The van der Waals surface area contributed by atoms with Crippen LogP contribution < -0.4 is 15.5 Å². The highest BCUT2D eigenvalue weighted by atomic mass is 19.4. The second kappa shape index (κ2) is 9.57. The van der Waals surface area contributed by atoms with Gasteiger partial charge in [0, 0.05) is 37.9 Å². The lowest BCUT2D eigenvalue weighted by molar-refractivity contribution is -0.137. The molecule has 1 atom stereocenters. The third-order valence-corrected chi connectivity index (χ3v) is 5.38. The van der Waals surface area contributed by atoms with Gasteiger partial charge in [-0.3, -0.25) is 0 Å². The van der Waals surface area contributed by atoms with Crippen LogP contribution in [0.4, 0.5) is 29.3 Å². The van der Waals surface area contributed by atoms with Gasteiger partial charge in [-0.05, 0) is 47.7 Å². The molecule has 4 N–H and O–H groups in total. The predicted octanol–water partition coefficient (Wildman–Crippen LogP) is 3.31. The number of amides is 2. The molecular formula is C22H26F3N3O3. The van der Waals surface area contributed by atoms with E-state index in [1.54, 1.807) is 6.07 Å². The van der Waals surface area contributed by atoms with Crippen molar-refractivity contribution < 1.29 is 28.2 Å². The van der Waals surface area contributed by atoms with Crippen molar-refractivity contribution in [1.29, 1.82) is 0 Å². The Bertz CT molecular complexity index is 934. The number of aliphatic hydroxyl groups is 2. The molecule has 0 aromatic heterocycles. The SMILES string of the molecule is CN(CCO)c1cc(CNC(=O)Nc2cccc3c2C[C@H](O)CC3)ccc1C(F)(F)F. The zero-order valence-electron chi connectivity index (χ0n) is 17.2. The first-order valence-corrected chi connectivity index (χ1v) is 10.0. The van der Waals surface area contributed by atoms with Gasteiger partial charge in [0.1, 0.15) is 0 Å². The van der Waals surface area contributed by atoms with E-state index in [9.17, 15) is 23.1 Å². The summed E-state index contributed by atoms with van der Waals surface area (Å²) < 4.78 is 39.9. The fourth-order valence-corrected chi connectivity index (χ4v) is 3.75. The molecule has 168 valence electrons.